The number of nitrogen functional groups attached to an aromatic ring is 2. The van der Waals surface area contributed by atoms with Gasteiger partial charge in [0, 0.05) is 11.4 Å². The summed E-state index contributed by atoms with van der Waals surface area (Å²) in [5.41, 5.74) is 13.5. The van der Waals surface area contributed by atoms with Crippen LogP contribution in [0.3, 0.4) is 0 Å². The second-order valence-electron chi connectivity index (χ2n) is 4.05. The summed E-state index contributed by atoms with van der Waals surface area (Å²) in [6.45, 7) is 0. The first kappa shape index (κ1) is 15.1. The van der Waals surface area contributed by atoms with Crippen LogP contribution < -0.4 is 11.5 Å². The van der Waals surface area contributed by atoms with Gasteiger partial charge in [-0.3, -0.25) is 4.79 Å². The Balaban J connectivity index is 0.000000204. The molecule has 0 aliphatic carbocycles. The summed E-state index contributed by atoms with van der Waals surface area (Å²) in [4.78, 5) is 10.2. The van der Waals surface area contributed by atoms with Gasteiger partial charge in [-0.15, -0.1) is 0 Å². The Morgan fingerprint density at radius 2 is 1.75 bits per heavy atom. The van der Waals surface area contributed by atoms with Crippen LogP contribution >= 0.6 is 0 Å². The van der Waals surface area contributed by atoms with Crippen molar-refractivity contribution >= 4 is 17.3 Å². The van der Waals surface area contributed by atoms with E-state index in [9.17, 15) is 4.79 Å². The molecule has 20 heavy (non-hydrogen) atoms. The Labute approximate surface area is 117 Å². The topological polar surface area (TPSA) is 113 Å². The summed E-state index contributed by atoms with van der Waals surface area (Å²) in [6.07, 6.45) is 0.0328. The van der Waals surface area contributed by atoms with Crippen molar-refractivity contribution in [2.45, 2.75) is 6.42 Å². The minimum atomic E-state index is -0.837. The number of nitrogens with two attached hydrogens (primary N) is 2. The van der Waals surface area contributed by atoms with Gasteiger partial charge in [0.15, 0.2) is 0 Å². The van der Waals surface area contributed by atoms with Crippen LogP contribution in [-0.4, -0.2) is 11.1 Å². The number of hydrogen-bond donors (Lipinski definition) is 3. The van der Waals surface area contributed by atoms with Gasteiger partial charge in [-0.25, -0.2) is 0 Å². The van der Waals surface area contributed by atoms with Gasteiger partial charge in [0.2, 0.25) is 0 Å². The largest absolute Gasteiger partial charge is 0.481 e. The maximum absolute atomic E-state index is 10.2. The first-order chi connectivity index (χ1) is 9.51. The summed E-state index contributed by atoms with van der Waals surface area (Å²) in [5.74, 6) is -0.837. The molecule has 0 radical (unpaired) electrons. The summed E-state index contributed by atoms with van der Waals surface area (Å²) in [5, 5.41) is 16.8. The van der Waals surface area contributed by atoms with Crippen LogP contribution in [0.25, 0.3) is 0 Å². The zero-order valence-corrected chi connectivity index (χ0v) is 10.8. The molecule has 2 aromatic carbocycles. The molecule has 5 heteroatoms. The standard InChI is InChI=1S/C8H9NO2.C7H6N2/c9-7-3-1-2-6(4-7)5-8(10)11;8-5-6-1-3-7(9)4-2-6/h1-4H,5,9H2,(H,10,11);1-4H,9H2. The molecule has 5 N–H and O–H groups in total. The van der Waals surface area contributed by atoms with Gasteiger partial charge >= 0.3 is 5.97 Å². The van der Waals surface area contributed by atoms with Crippen LogP contribution in [0.5, 0.6) is 0 Å². The van der Waals surface area contributed by atoms with E-state index in [4.69, 9.17) is 21.8 Å². The molecule has 0 saturated carbocycles. The molecule has 0 unspecified atom stereocenters. The van der Waals surface area contributed by atoms with E-state index >= 15 is 0 Å². The monoisotopic (exact) mass is 269 g/mol. The zero-order valence-electron chi connectivity index (χ0n) is 10.8. The third-order valence-electron chi connectivity index (χ3n) is 2.35. The van der Waals surface area contributed by atoms with Crippen LogP contribution in [0.2, 0.25) is 0 Å². The Morgan fingerprint density at radius 1 is 1.10 bits per heavy atom. The summed E-state index contributed by atoms with van der Waals surface area (Å²) in [7, 11) is 0. The van der Waals surface area contributed by atoms with Crippen molar-refractivity contribution in [2.75, 3.05) is 11.5 Å². The van der Waals surface area contributed by atoms with E-state index in [-0.39, 0.29) is 6.42 Å². The SMILES string of the molecule is N#Cc1ccc(N)cc1.Nc1cccc(CC(=O)O)c1. The van der Waals surface area contributed by atoms with Crippen LogP contribution in [-0.2, 0) is 11.2 Å². The average molecular weight is 269 g/mol. The van der Waals surface area contributed by atoms with Gasteiger partial charge in [-0.05, 0) is 42.0 Å². The third-order valence-corrected chi connectivity index (χ3v) is 2.35. The van der Waals surface area contributed by atoms with Crippen molar-refractivity contribution < 1.29 is 9.90 Å². The second kappa shape index (κ2) is 7.44. The van der Waals surface area contributed by atoms with E-state index in [1.165, 1.54) is 0 Å². The highest BCUT2D eigenvalue weighted by Crippen LogP contribution is 2.06. The summed E-state index contributed by atoms with van der Waals surface area (Å²) in [6, 6.07) is 15.7. The minimum absolute atomic E-state index is 0.0328. The Morgan fingerprint density at radius 3 is 2.25 bits per heavy atom. The van der Waals surface area contributed by atoms with Gasteiger partial charge in [-0.2, -0.15) is 5.26 Å². The molecular formula is C15H15N3O2. The number of carboxylic acids is 1. The Hall–Kier alpha value is -3.00. The second-order valence-corrected chi connectivity index (χ2v) is 4.05. The first-order valence-electron chi connectivity index (χ1n) is 5.83. The number of hydrogen-bond acceptors (Lipinski definition) is 4. The van der Waals surface area contributed by atoms with Crippen molar-refractivity contribution in [3.63, 3.8) is 0 Å². The highest BCUT2D eigenvalue weighted by atomic mass is 16.4. The molecule has 102 valence electrons. The molecule has 0 spiro atoms. The summed E-state index contributed by atoms with van der Waals surface area (Å²) >= 11 is 0. The molecule has 0 heterocycles. The third kappa shape index (κ3) is 5.56. The van der Waals surface area contributed by atoms with Crippen molar-refractivity contribution in [3.8, 4) is 6.07 Å². The van der Waals surface area contributed by atoms with Gasteiger partial charge in [-0.1, -0.05) is 12.1 Å². The van der Waals surface area contributed by atoms with Crippen LogP contribution in [0.15, 0.2) is 48.5 Å². The number of aliphatic carboxylic acids is 1. The molecule has 0 amide bonds. The molecule has 0 bridgehead atoms. The molecule has 0 saturated heterocycles. The maximum Gasteiger partial charge on any atom is 0.307 e. The Kier molecular flexibility index (Phi) is 5.60. The molecule has 2 aromatic rings. The normalized spacial score (nSPS) is 8.95. The molecular weight excluding hydrogens is 254 g/mol. The summed E-state index contributed by atoms with van der Waals surface area (Å²) < 4.78 is 0. The van der Waals surface area contributed by atoms with Crippen molar-refractivity contribution in [3.05, 3.63) is 59.7 Å². The lowest BCUT2D eigenvalue weighted by atomic mass is 10.1. The highest BCUT2D eigenvalue weighted by molar-refractivity contribution is 5.70. The number of carboxylic acid groups (broad SMARTS) is 1. The number of anilines is 2. The van der Waals surface area contributed by atoms with E-state index in [1.807, 2.05) is 6.07 Å². The van der Waals surface area contributed by atoms with E-state index in [1.54, 1.807) is 48.5 Å². The fourth-order valence-electron chi connectivity index (χ4n) is 1.44. The molecule has 0 fully saturated rings. The average Bonchev–Trinajstić information content (AvgIpc) is 2.39. The number of nitriles is 1. The molecule has 0 aliphatic rings. The molecule has 0 aliphatic heterocycles. The van der Waals surface area contributed by atoms with Gasteiger partial charge in [0.1, 0.15) is 0 Å². The maximum atomic E-state index is 10.2. The lowest BCUT2D eigenvalue weighted by Gasteiger charge is -1.96. The lowest BCUT2D eigenvalue weighted by Crippen LogP contribution is -2.00. The molecule has 5 nitrogen and oxygen atoms in total. The smallest absolute Gasteiger partial charge is 0.307 e. The molecule has 0 aromatic heterocycles. The Bertz CT molecular complexity index is 616. The van der Waals surface area contributed by atoms with E-state index in [2.05, 4.69) is 0 Å². The fraction of sp³-hybridized carbons (Fsp3) is 0.0667. The lowest BCUT2D eigenvalue weighted by molar-refractivity contribution is -0.136. The predicted molar refractivity (Wildman–Crippen MR) is 77.8 cm³/mol. The minimum Gasteiger partial charge on any atom is -0.481 e. The zero-order chi connectivity index (χ0) is 15.0. The van der Waals surface area contributed by atoms with E-state index in [0.717, 1.165) is 5.56 Å². The molecule has 2 rings (SSSR count). The number of benzene rings is 2. The van der Waals surface area contributed by atoms with Crippen molar-refractivity contribution in [2.24, 2.45) is 0 Å². The number of carbonyl (C=O) groups is 1. The number of rotatable bonds is 2. The molecule has 0 atom stereocenters. The predicted octanol–water partition coefficient (Wildman–Crippen LogP) is 2.04. The van der Waals surface area contributed by atoms with Crippen LogP contribution in [0.4, 0.5) is 11.4 Å². The van der Waals surface area contributed by atoms with E-state index < -0.39 is 5.97 Å². The quantitative estimate of drug-likeness (QED) is 0.722. The first-order valence-corrected chi connectivity index (χ1v) is 5.83. The van der Waals surface area contributed by atoms with Crippen LogP contribution in [0.1, 0.15) is 11.1 Å². The van der Waals surface area contributed by atoms with Crippen molar-refractivity contribution in [1.82, 2.24) is 0 Å². The van der Waals surface area contributed by atoms with Gasteiger partial charge < -0.3 is 16.6 Å². The van der Waals surface area contributed by atoms with Gasteiger partial charge in [0.05, 0.1) is 18.1 Å². The highest BCUT2D eigenvalue weighted by Gasteiger charge is 1.98. The number of nitrogens with zero attached hydrogens (tertiary/aromatic N) is 1. The van der Waals surface area contributed by atoms with Crippen molar-refractivity contribution in [1.29, 1.82) is 5.26 Å². The van der Waals surface area contributed by atoms with Crippen LogP contribution in [0, 0.1) is 11.3 Å². The van der Waals surface area contributed by atoms with Gasteiger partial charge in [0.25, 0.3) is 0 Å². The fourth-order valence-corrected chi connectivity index (χ4v) is 1.44. The van der Waals surface area contributed by atoms with E-state index in [0.29, 0.717) is 16.9 Å².